The molecule has 2 heterocycles. The minimum absolute atomic E-state index is 0.146. The summed E-state index contributed by atoms with van der Waals surface area (Å²) in [5.41, 5.74) is 2.39. The molecular weight excluding hydrogens is 326 g/mol. The van der Waals surface area contributed by atoms with Gasteiger partial charge in [-0.05, 0) is 17.5 Å². The molecule has 0 saturated carbocycles. The van der Waals surface area contributed by atoms with Gasteiger partial charge in [-0.15, -0.1) is 0 Å². The number of amides is 1. The van der Waals surface area contributed by atoms with Gasteiger partial charge in [0.05, 0.1) is 0 Å². The normalized spacial score (nSPS) is 11.0. The second-order valence-corrected chi connectivity index (χ2v) is 6.24. The summed E-state index contributed by atoms with van der Waals surface area (Å²) in [5.74, 6) is 0.450. The third-order valence-electron chi connectivity index (χ3n) is 4.49. The fourth-order valence-electron chi connectivity index (χ4n) is 3.00. The lowest BCUT2D eigenvalue weighted by Gasteiger charge is -2.16. The van der Waals surface area contributed by atoms with Crippen molar-refractivity contribution >= 4 is 16.8 Å². The Balaban J connectivity index is 1.44. The summed E-state index contributed by atoms with van der Waals surface area (Å²) in [6.45, 7) is 1.31. The molecule has 5 heteroatoms. The van der Waals surface area contributed by atoms with Crippen molar-refractivity contribution in [1.82, 2.24) is 14.6 Å². The van der Waals surface area contributed by atoms with Crippen molar-refractivity contribution in [3.05, 3.63) is 78.6 Å². The highest BCUT2D eigenvalue weighted by atomic mass is 16.5. The lowest BCUT2D eigenvalue weighted by Crippen LogP contribution is -2.30. The number of aromatic nitrogens is 2. The summed E-state index contributed by atoms with van der Waals surface area (Å²) in [7, 11) is 1.78. The zero-order valence-corrected chi connectivity index (χ0v) is 14.5. The van der Waals surface area contributed by atoms with Gasteiger partial charge in [0, 0.05) is 43.5 Å². The van der Waals surface area contributed by atoms with Crippen LogP contribution in [0.4, 0.5) is 0 Å². The van der Waals surface area contributed by atoms with E-state index in [-0.39, 0.29) is 5.91 Å². The fraction of sp³-hybridized carbons (Fsp3) is 0.143. The maximum Gasteiger partial charge on any atom is 0.275 e. The number of rotatable bonds is 5. The minimum atomic E-state index is -0.146. The van der Waals surface area contributed by atoms with Crippen LogP contribution in [-0.4, -0.2) is 34.1 Å². The minimum Gasteiger partial charge on any atom is -0.355 e. The fourth-order valence-corrected chi connectivity index (χ4v) is 3.00. The van der Waals surface area contributed by atoms with E-state index >= 15 is 0 Å². The van der Waals surface area contributed by atoms with Gasteiger partial charge in [-0.2, -0.15) is 0 Å². The standard InChI is InChI=1S/C21H19N3O2/c1-23(13-14-24-12-11-16-7-5-6-10-19(16)24)21(25)18-15-20(26-22-18)17-8-3-2-4-9-17/h2-12,15H,13-14H2,1H3. The maximum atomic E-state index is 12.6. The Kier molecular flexibility index (Phi) is 4.27. The SMILES string of the molecule is CN(CCn1ccc2ccccc21)C(=O)c1cc(-c2ccccc2)on1. The van der Waals surface area contributed by atoms with E-state index in [1.54, 1.807) is 18.0 Å². The van der Waals surface area contributed by atoms with Crippen LogP contribution in [0, 0.1) is 0 Å². The van der Waals surface area contributed by atoms with Gasteiger partial charge in [0.15, 0.2) is 11.5 Å². The van der Waals surface area contributed by atoms with E-state index in [0.29, 0.717) is 18.0 Å². The van der Waals surface area contributed by atoms with Crippen LogP contribution in [0.25, 0.3) is 22.2 Å². The van der Waals surface area contributed by atoms with Crippen LogP contribution in [0.3, 0.4) is 0 Å². The van der Waals surface area contributed by atoms with Crippen LogP contribution in [0.2, 0.25) is 0 Å². The Morgan fingerprint density at radius 2 is 1.85 bits per heavy atom. The molecule has 0 N–H and O–H groups in total. The summed E-state index contributed by atoms with van der Waals surface area (Å²) in [4.78, 5) is 14.3. The average molecular weight is 345 g/mol. The molecule has 5 nitrogen and oxygen atoms in total. The van der Waals surface area contributed by atoms with Crippen molar-refractivity contribution in [3.8, 4) is 11.3 Å². The van der Waals surface area contributed by atoms with E-state index in [0.717, 1.165) is 12.1 Å². The molecule has 130 valence electrons. The Bertz CT molecular complexity index is 1030. The topological polar surface area (TPSA) is 51.3 Å². The van der Waals surface area contributed by atoms with Crippen molar-refractivity contribution in [2.75, 3.05) is 13.6 Å². The van der Waals surface area contributed by atoms with Crippen LogP contribution >= 0.6 is 0 Å². The largest absolute Gasteiger partial charge is 0.355 e. The van der Waals surface area contributed by atoms with E-state index in [2.05, 4.69) is 27.9 Å². The third-order valence-corrected chi connectivity index (χ3v) is 4.49. The van der Waals surface area contributed by atoms with Gasteiger partial charge < -0.3 is 14.0 Å². The Hall–Kier alpha value is -3.34. The molecule has 0 bridgehead atoms. The molecule has 0 aliphatic rings. The number of hydrogen-bond donors (Lipinski definition) is 0. The van der Waals surface area contributed by atoms with Crippen LogP contribution in [0.5, 0.6) is 0 Å². The molecule has 0 aliphatic carbocycles. The van der Waals surface area contributed by atoms with Gasteiger partial charge in [-0.3, -0.25) is 4.79 Å². The highest BCUT2D eigenvalue weighted by Gasteiger charge is 2.17. The molecule has 0 atom stereocenters. The van der Waals surface area contributed by atoms with Gasteiger partial charge in [0.2, 0.25) is 0 Å². The van der Waals surface area contributed by atoms with E-state index in [9.17, 15) is 4.79 Å². The number of para-hydroxylation sites is 1. The molecule has 0 spiro atoms. The molecule has 0 aliphatic heterocycles. The summed E-state index contributed by atoms with van der Waals surface area (Å²) in [6.07, 6.45) is 2.05. The van der Waals surface area contributed by atoms with Gasteiger partial charge in [-0.1, -0.05) is 53.7 Å². The highest BCUT2D eigenvalue weighted by molar-refractivity contribution is 5.93. The number of carbonyl (C=O) groups excluding carboxylic acids is 1. The van der Waals surface area contributed by atoms with Crippen molar-refractivity contribution in [2.45, 2.75) is 6.54 Å². The first-order chi connectivity index (χ1) is 12.7. The lowest BCUT2D eigenvalue weighted by atomic mass is 10.1. The van der Waals surface area contributed by atoms with Gasteiger partial charge in [0.1, 0.15) is 0 Å². The lowest BCUT2D eigenvalue weighted by molar-refractivity contribution is 0.0780. The second kappa shape index (κ2) is 6.88. The molecule has 0 unspecified atom stereocenters. The summed E-state index contributed by atoms with van der Waals surface area (Å²) in [5, 5.41) is 5.14. The number of hydrogen-bond acceptors (Lipinski definition) is 3. The van der Waals surface area contributed by atoms with Gasteiger partial charge >= 0.3 is 0 Å². The highest BCUT2D eigenvalue weighted by Crippen LogP contribution is 2.20. The molecule has 26 heavy (non-hydrogen) atoms. The van der Waals surface area contributed by atoms with Crippen LogP contribution < -0.4 is 0 Å². The summed E-state index contributed by atoms with van der Waals surface area (Å²) in [6, 6.07) is 21.6. The Morgan fingerprint density at radius 3 is 2.69 bits per heavy atom. The van der Waals surface area contributed by atoms with Crippen molar-refractivity contribution in [3.63, 3.8) is 0 Å². The quantitative estimate of drug-likeness (QED) is 0.548. The molecule has 1 amide bonds. The third kappa shape index (κ3) is 3.11. The van der Waals surface area contributed by atoms with Crippen LogP contribution in [-0.2, 0) is 6.54 Å². The number of carbonyl (C=O) groups is 1. The molecule has 4 aromatic rings. The monoisotopic (exact) mass is 345 g/mol. The number of fused-ring (bicyclic) bond motifs is 1. The number of likely N-dealkylation sites (N-methyl/N-ethyl adjacent to an activating group) is 1. The number of benzene rings is 2. The molecule has 0 radical (unpaired) electrons. The molecule has 2 aromatic carbocycles. The first-order valence-electron chi connectivity index (χ1n) is 8.54. The molecule has 0 saturated heterocycles. The molecule has 2 aromatic heterocycles. The Labute approximate surface area is 151 Å². The second-order valence-electron chi connectivity index (χ2n) is 6.24. The first kappa shape index (κ1) is 16.1. The summed E-state index contributed by atoms with van der Waals surface area (Å²) >= 11 is 0. The van der Waals surface area contributed by atoms with E-state index in [1.165, 1.54) is 10.9 Å². The predicted octanol–water partition coefficient (Wildman–Crippen LogP) is 4.07. The van der Waals surface area contributed by atoms with Crippen LogP contribution in [0.1, 0.15) is 10.5 Å². The predicted molar refractivity (Wildman–Crippen MR) is 101 cm³/mol. The van der Waals surface area contributed by atoms with Gasteiger partial charge in [0.25, 0.3) is 5.91 Å². The van der Waals surface area contributed by atoms with Crippen LogP contribution in [0.15, 0.2) is 77.4 Å². The van der Waals surface area contributed by atoms with Crippen molar-refractivity contribution in [2.24, 2.45) is 0 Å². The van der Waals surface area contributed by atoms with E-state index in [1.807, 2.05) is 48.7 Å². The Morgan fingerprint density at radius 1 is 1.08 bits per heavy atom. The molecular formula is C21H19N3O2. The van der Waals surface area contributed by atoms with E-state index in [4.69, 9.17) is 4.52 Å². The maximum absolute atomic E-state index is 12.6. The van der Waals surface area contributed by atoms with E-state index < -0.39 is 0 Å². The zero-order valence-electron chi connectivity index (χ0n) is 14.5. The average Bonchev–Trinajstić information content (AvgIpc) is 3.34. The molecule has 0 fully saturated rings. The number of nitrogens with zero attached hydrogens (tertiary/aromatic N) is 3. The summed E-state index contributed by atoms with van der Waals surface area (Å²) < 4.78 is 7.48. The van der Waals surface area contributed by atoms with Gasteiger partial charge in [-0.25, -0.2) is 0 Å². The van der Waals surface area contributed by atoms with Crippen molar-refractivity contribution < 1.29 is 9.32 Å². The first-order valence-corrected chi connectivity index (χ1v) is 8.54. The molecule has 4 rings (SSSR count). The zero-order chi connectivity index (χ0) is 17.9. The van der Waals surface area contributed by atoms with Crippen molar-refractivity contribution in [1.29, 1.82) is 0 Å². The smallest absolute Gasteiger partial charge is 0.275 e.